The van der Waals surface area contributed by atoms with E-state index in [1.807, 2.05) is 0 Å². The molecule has 0 amide bonds. The zero-order valence-electron chi connectivity index (χ0n) is 77.9. The highest BCUT2D eigenvalue weighted by atomic mass is 15.0. The molecule has 5 heteroatoms. The summed E-state index contributed by atoms with van der Waals surface area (Å²) in [5, 5.41) is 13.2. The average molecular weight is 1640 g/mol. The number of fused-ring (bicyclic) bond motifs is 15. The van der Waals surface area contributed by atoms with Crippen LogP contribution in [0.25, 0.3) is 149 Å². The Bertz CT molecular complexity index is 7070. The van der Waals surface area contributed by atoms with E-state index in [0.717, 1.165) is 38.5 Å². The van der Waals surface area contributed by atoms with Crippen LogP contribution < -0.4 is 0 Å². The van der Waals surface area contributed by atoms with Crippen molar-refractivity contribution >= 4 is 109 Å². The minimum atomic E-state index is 0.127. The monoisotopic (exact) mass is 1640 g/mol. The molecule has 5 nitrogen and oxygen atoms in total. The molecule has 125 heavy (non-hydrogen) atoms. The van der Waals surface area contributed by atoms with Crippen LogP contribution in [0, 0.1) is 0 Å². The maximum Gasteiger partial charge on any atom is 0.0548 e. The van der Waals surface area contributed by atoms with E-state index in [9.17, 15) is 0 Å². The average Bonchev–Trinajstić information content (AvgIpc) is 1.56. The SMILES string of the molecule is CCC(C)c1ccc(-n2c3ccc(-c4ccc5c(c4)c4cc(C(C)CC)ccc4n5-c4ccccc4)cc3c3cc(C(C)CC)ccc32)cc1.CCC(C)c1ccc(-n2c3ccc(C(C)(C)C)cc3c3cc(C(C)(C)C)ccc32)cc1.CCC(C)c1ccc(-n2c3ccc(C(C)CC)cc3c3cc4c(cc32)c2cc(C(C)CC)ccc2n4-c2ccccc2)cc1. The molecule has 0 aliphatic rings. The van der Waals surface area contributed by atoms with E-state index in [0.29, 0.717) is 41.4 Å². The van der Waals surface area contributed by atoms with Gasteiger partial charge in [0.2, 0.25) is 0 Å². The van der Waals surface area contributed by atoms with Gasteiger partial charge in [0.05, 0.1) is 55.2 Å². The second-order valence-electron chi connectivity index (χ2n) is 38.7. The summed E-state index contributed by atoms with van der Waals surface area (Å²) in [5.74, 6) is 3.78. The number of hydrogen-bond donors (Lipinski definition) is 0. The molecule has 5 aromatic heterocycles. The van der Waals surface area contributed by atoms with Crippen LogP contribution in [-0.2, 0) is 10.8 Å². The number of aromatic nitrogens is 5. The van der Waals surface area contributed by atoms with Gasteiger partial charge in [0.25, 0.3) is 0 Å². The molecule has 7 atom stereocenters. The third-order valence-corrected chi connectivity index (χ3v) is 28.9. The maximum atomic E-state index is 2.50. The van der Waals surface area contributed by atoms with Crippen molar-refractivity contribution in [3.8, 4) is 39.6 Å². The van der Waals surface area contributed by atoms with Gasteiger partial charge in [0.1, 0.15) is 0 Å². The van der Waals surface area contributed by atoms with Crippen LogP contribution in [0.3, 0.4) is 0 Å². The first-order valence-corrected chi connectivity index (χ1v) is 47.1. The Hall–Kier alpha value is -11.9. The molecule has 19 rings (SSSR count). The van der Waals surface area contributed by atoms with Gasteiger partial charge in [-0.3, -0.25) is 0 Å². The van der Waals surface area contributed by atoms with Gasteiger partial charge >= 0.3 is 0 Å². The van der Waals surface area contributed by atoms with E-state index < -0.39 is 0 Å². The molecule has 0 radical (unpaired) electrons. The molecule has 0 aliphatic carbocycles. The Kier molecular flexibility index (Phi) is 23.8. The van der Waals surface area contributed by atoms with E-state index in [4.69, 9.17) is 0 Å². The Balaban J connectivity index is 0.000000136. The van der Waals surface area contributed by atoms with Gasteiger partial charge in [-0.05, 0) is 328 Å². The molecular formula is C120H129N5. The van der Waals surface area contributed by atoms with Crippen LogP contribution in [0.4, 0.5) is 0 Å². The fourth-order valence-electron chi connectivity index (χ4n) is 19.2. The van der Waals surface area contributed by atoms with Crippen molar-refractivity contribution in [1.29, 1.82) is 0 Å². The molecule has 5 heterocycles. The standard InChI is InChI=1S/C48H48N2.C42H44N2.C30H37N/c1-7-31(4)34-15-21-40(22-16-34)50-46-24-18-36(33(6)9-3)28-42(46)44-30-38(20-26-48(44)50)37-19-25-47-43(29-37)41-27-35(32(5)8-2)17-23-45(41)49(47)39-13-11-10-12-14-39;1-7-27(4)30-15-19-34(20-16-30)44-40-22-18-32(29(6)9-3)24-36(40)38-25-41-37(26-42(38)44)35-23-31(28(5)8-2)17-21-39(35)43(41)33-13-11-10-12-14-33;1-9-20(2)21-10-14-24(15-11-21)31-27-16-12-22(29(3,4)5)18-25(27)26-19-23(30(6,7)8)13-17-28(26)31/h10-33H,7-9H2,1-6H3;10-29H,7-9H2,1-6H3;10-20H,9H2,1-8H3. The molecule has 0 aliphatic heterocycles. The van der Waals surface area contributed by atoms with Crippen molar-refractivity contribution in [2.24, 2.45) is 0 Å². The minimum Gasteiger partial charge on any atom is -0.309 e. The Morgan fingerprint density at radius 3 is 0.624 bits per heavy atom. The van der Waals surface area contributed by atoms with Crippen molar-refractivity contribution in [1.82, 2.24) is 22.8 Å². The first-order chi connectivity index (χ1) is 60.3. The highest BCUT2D eigenvalue weighted by Crippen LogP contribution is 2.46. The second kappa shape index (κ2) is 34.9. The largest absolute Gasteiger partial charge is 0.309 e. The molecule has 0 N–H and O–H groups in total. The van der Waals surface area contributed by atoms with Gasteiger partial charge in [-0.15, -0.1) is 0 Å². The number of rotatable bonds is 20. The zero-order valence-corrected chi connectivity index (χ0v) is 77.9. The fourth-order valence-corrected chi connectivity index (χ4v) is 19.2. The lowest BCUT2D eigenvalue weighted by atomic mass is 9.85. The van der Waals surface area contributed by atoms with Gasteiger partial charge in [-0.25, -0.2) is 0 Å². The fraction of sp³-hybridized carbons (Fsp3) is 0.300. The summed E-state index contributed by atoms with van der Waals surface area (Å²) in [7, 11) is 0. The van der Waals surface area contributed by atoms with Crippen LogP contribution in [0.15, 0.2) is 291 Å². The molecule has 0 fully saturated rings. The topological polar surface area (TPSA) is 24.6 Å². The van der Waals surface area contributed by atoms with Crippen molar-refractivity contribution in [2.45, 2.75) is 236 Å². The molecule has 0 saturated heterocycles. The third-order valence-electron chi connectivity index (χ3n) is 28.9. The Morgan fingerprint density at radius 1 is 0.184 bits per heavy atom. The number of hydrogen-bond acceptors (Lipinski definition) is 0. The number of nitrogens with zero attached hydrogens (tertiary/aromatic N) is 5. The van der Waals surface area contributed by atoms with Gasteiger partial charge in [-0.1, -0.05) is 260 Å². The molecule has 0 bridgehead atoms. The lowest BCUT2D eigenvalue weighted by Gasteiger charge is -2.19. The van der Waals surface area contributed by atoms with E-state index in [2.05, 4.69) is 452 Å². The normalized spacial score (nSPS) is 13.9. The zero-order chi connectivity index (χ0) is 87.6. The summed E-state index contributed by atoms with van der Waals surface area (Å²) in [4.78, 5) is 0. The van der Waals surface area contributed by atoms with E-state index >= 15 is 0 Å². The molecule has 19 aromatic rings. The molecular weight excluding hydrogens is 1510 g/mol. The summed E-state index contributed by atoms with van der Waals surface area (Å²) in [6.07, 6.45) is 7.98. The summed E-state index contributed by atoms with van der Waals surface area (Å²) >= 11 is 0. The first-order valence-electron chi connectivity index (χ1n) is 47.1. The molecule has 14 aromatic carbocycles. The minimum absolute atomic E-state index is 0.127. The highest BCUT2D eigenvalue weighted by molar-refractivity contribution is 6.20. The summed E-state index contributed by atoms with van der Waals surface area (Å²) in [5.41, 5.74) is 34.1. The lowest BCUT2D eigenvalue weighted by molar-refractivity contribution is 0.590. The van der Waals surface area contributed by atoms with E-state index in [-0.39, 0.29) is 10.8 Å². The highest BCUT2D eigenvalue weighted by Gasteiger charge is 2.26. The van der Waals surface area contributed by atoms with Gasteiger partial charge < -0.3 is 22.8 Å². The van der Waals surface area contributed by atoms with Crippen molar-refractivity contribution in [3.63, 3.8) is 0 Å². The maximum absolute atomic E-state index is 2.50. The van der Waals surface area contributed by atoms with Crippen molar-refractivity contribution < 1.29 is 0 Å². The third kappa shape index (κ3) is 15.9. The molecule has 0 saturated carbocycles. The van der Waals surface area contributed by atoms with Gasteiger partial charge in [0.15, 0.2) is 0 Å². The van der Waals surface area contributed by atoms with Crippen LogP contribution in [0.2, 0.25) is 0 Å². The van der Waals surface area contributed by atoms with Gasteiger partial charge in [0, 0.05) is 82.3 Å². The van der Waals surface area contributed by atoms with E-state index in [1.165, 1.54) is 205 Å². The van der Waals surface area contributed by atoms with Crippen LogP contribution >= 0.6 is 0 Å². The summed E-state index contributed by atoms with van der Waals surface area (Å²) in [6.45, 7) is 46.0. The molecule has 634 valence electrons. The summed E-state index contributed by atoms with van der Waals surface area (Å²) < 4.78 is 12.3. The van der Waals surface area contributed by atoms with Crippen molar-refractivity contribution in [2.75, 3.05) is 0 Å². The van der Waals surface area contributed by atoms with Gasteiger partial charge in [-0.2, -0.15) is 0 Å². The summed E-state index contributed by atoms with van der Waals surface area (Å²) in [6, 6.07) is 111. The van der Waals surface area contributed by atoms with Crippen LogP contribution in [0.1, 0.15) is 275 Å². The second-order valence-corrected chi connectivity index (χ2v) is 38.7. The van der Waals surface area contributed by atoms with E-state index in [1.54, 1.807) is 0 Å². The van der Waals surface area contributed by atoms with Crippen LogP contribution in [0.5, 0.6) is 0 Å². The van der Waals surface area contributed by atoms with Crippen LogP contribution in [-0.4, -0.2) is 22.8 Å². The number of benzene rings is 14. The smallest absolute Gasteiger partial charge is 0.0548 e. The molecule has 7 unspecified atom stereocenters. The quantitative estimate of drug-likeness (QED) is 0.0727. The lowest BCUT2D eigenvalue weighted by Crippen LogP contribution is -2.10. The predicted molar refractivity (Wildman–Crippen MR) is 545 cm³/mol. The Labute approximate surface area is 743 Å². The Morgan fingerprint density at radius 2 is 0.376 bits per heavy atom. The molecule has 0 spiro atoms. The first kappa shape index (κ1) is 85.3. The number of para-hydroxylation sites is 2. The predicted octanol–water partition coefficient (Wildman–Crippen LogP) is 35.4. The van der Waals surface area contributed by atoms with Crippen molar-refractivity contribution in [3.05, 3.63) is 341 Å².